The molecule has 0 aliphatic carbocycles. The van der Waals surface area contributed by atoms with Crippen LogP contribution in [0.15, 0.2) is 18.2 Å². The predicted molar refractivity (Wildman–Crippen MR) is 49.8 cm³/mol. The van der Waals surface area contributed by atoms with E-state index in [0.717, 1.165) is 10.1 Å². The molecule has 0 aliphatic rings. The van der Waals surface area contributed by atoms with Gasteiger partial charge in [-0.25, -0.2) is 4.39 Å². The molecule has 0 bridgehead atoms. The molecule has 0 saturated carbocycles. The third-order valence-corrected chi connectivity index (χ3v) is 3.60. The van der Waals surface area contributed by atoms with Crippen LogP contribution in [0.2, 0.25) is 5.02 Å². The summed E-state index contributed by atoms with van der Waals surface area (Å²) in [6.45, 7) is 0. The molecule has 0 radical (unpaired) electrons. The molecule has 4 heteroatoms. The van der Waals surface area contributed by atoms with Crippen LogP contribution >= 0.6 is 24.5 Å². The minimum atomic E-state index is -0.308. The molecular formula is C7H5BrClFMg. The van der Waals surface area contributed by atoms with Crippen molar-refractivity contribution in [2.75, 3.05) is 0 Å². The van der Waals surface area contributed by atoms with Crippen molar-refractivity contribution in [3.63, 3.8) is 0 Å². The monoisotopic (exact) mass is 246 g/mol. The van der Waals surface area contributed by atoms with Gasteiger partial charge in [-0.3, -0.25) is 0 Å². The Balaban J connectivity index is 2.96. The highest BCUT2D eigenvalue weighted by Crippen LogP contribution is 2.17. The summed E-state index contributed by atoms with van der Waals surface area (Å²) in [4.78, 5) is 0. The van der Waals surface area contributed by atoms with Gasteiger partial charge in [0.25, 0.3) is 0 Å². The normalized spacial score (nSPS) is 9.36. The second kappa shape index (κ2) is 4.65. The minimum Gasteiger partial charge on any atom is -0.306 e. The average Bonchev–Trinajstić information content (AvgIpc) is 1.99. The zero-order chi connectivity index (χ0) is 8.27. The second-order valence-corrected chi connectivity index (χ2v) is 5.82. The molecule has 0 N–H and O–H groups in total. The van der Waals surface area contributed by atoms with Gasteiger partial charge in [0.05, 0.1) is 5.02 Å². The maximum absolute atomic E-state index is 13.1. The van der Waals surface area contributed by atoms with Crippen LogP contribution in [0, 0.1) is 5.82 Å². The van der Waals surface area contributed by atoms with Crippen LogP contribution in [-0.2, 0) is 4.55 Å². The molecule has 0 spiro atoms. The third kappa shape index (κ3) is 2.58. The number of rotatable bonds is 2. The summed E-state index contributed by atoms with van der Waals surface area (Å²) in [5.74, 6) is -0.263. The topological polar surface area (TPSA) is 0 Å². The number of hydrogen-bond donors (Lipinski definition) is 0. The van der Waals surface area contributed by atoms with Gasteiger partial charge >= 0.3 is 18.2 Å². The van der Waals surface area contributed by atoms with Gasteiger partial charge in [0.1, 0.15) is 5.82 Å². The predicted octanol–water partition coefficient (Wildman–Crippen LogP) is 2.99. The van der Waals surface area contributed by atoms with E-state index in [1.54, 1.807) is 18.2 Å². The quantitative estimate of drug-likeness (QED) is 0.705. The fraction of sp³-hybridized carbons (Fsp3) is 0.143. The van der Waals surface area contributed by atoms with Crippen molar-refractivity contribution in [1.29, 1.82) is 0 Å². The Morgan fingerprint density at radius 2 is 2.27 bits per heavy atom. The summed E-state index contributed by atoms with van der Waals surface area (Å²) >= 11 is 8.64. The van der Waals surface area contributed by atoms with Crippen molar-refractivity contribution >= 4 is 42.7 Å². The molecule has 0 heterocycles. The van der Waals surface area contributed by atoms with Gasteiger partial charge in [-0.2, -0.15) is 0 Å². The maximum Gasteiger partial charge on any atom is 0.473 e. The second-order valence-electron chi connectivity index (χ2n) is 2.15. The molecule has 1 rings (SSSR count). The number of halogens is 3. The first-order valence-electron chi connectivity index (χ1n) is 3.24. The van der Waals surface area contributed by atoms with Crippen molar-refractivity contribution in [1.82, 2.24) is 0 Å². The number of benzene rings is 1. The van der Waals surface area contributed by atoms with E-state index < -0.39 is 0 Å². The summed E-state index contributed by atoms with van der Waals surface area (Å²) in [6, 6.07) is 5.11. The molecule has 0 unspecified atom stereocenters. The Morgan fingerprint density at radius 1 is 1.55 bits per heavy atom. The van der Waals surface area contributed by atoms with Gasteiger partial charge in [-0.1, -0.05) is 23.7 Å². The molecule has 0 fully saturated rings. The summed E-state index contributed by atoms with van der Waals surface area (Å²) in [7, 11) is 0. The smallest absolute Gasteiger partial charge is 0.306 e. The highest BCUT2D eigenvalue weighted by Gasteiger charge is 2.05. The van der Waals surface area contributed by atoms with Crippen LogP contribution in [0.5, 0.6) is 0 Å². The fourth-order valence-corrected chi connectivity index (χ4v) is 2.91. The zero-order valence-electron chi connectivity index (χ0n) is 5.78. The SMILES string of the molecule is Fc1c(Cl)cccc1[CH2][Mg][Br]. The van der Waals surface area contributed by atoms with Crippen LogP contribution in [-0.4, -0.2) is 18.2 Å². The van der Waals surface area contributed by atoms with Crippen molar-refractivity contribution in [3.05, 3.63) is 34.6 Å². The lowest BCUT2D eigenvalue weighted by Gasteiger charge is -2.00. The first-order valence-corrected chi connectivity index (χ1v) is 8.52. The summed E-state index contributed by atoms with van der Waals surface area (Å²) in [5.41, 5.74) is 0.723. The molecule has 56 valence electrons. The summed E-state index contributed by atoms with van der Waals surface area (Å²) in [6.07, 6.45) is 0. The molecule has 0 aromatic heterocycles. The minimum absolute atomic E-state index is 0.220. The van der Waals surface area contributed by atoms with E-state index in [0.29, 0.717) is 0 Å². The lowest BCUT2D eigenvalue weighted by molar-refractivity contribution is 0.617. The third-order valence-electron chi connectivity index (χ3n) is 1.40. The van der Waals surface area contributed by atoms with Crippen LogP contribution < -0.4 is 0 Å². The fourth-order valence-electron chi connectivity index (χ4n) is 0.843. The lowest BCUT2D eigenvalue weighted by atomic mass is 10.2. The molecule has 0 saturated heterocycles. The Hall–Kier alpha value is 0.686. The van der Waals surface area contributed by atoms with Gasteiger partial charge in [0.15, 0.2) is 0 Å². The highest BCUT2D eigenvalue weighted by molar-refractivity contribution is 9.23. The Labute approximate surface area is 85.7 Å². The van der Waals surface area contributed by atoms with E-state index >= 15 is 0 Å². The molecule has 0 amide bonds. The van der Waals surface area contributed by atoms with E-state index in [4.69, 9.17) is 11.6 Å². The van der Waals surface area contributed by atoms with Crippen LogP contribution in [0.25, 0.3) is 0 Å². The van der Waals surface area contributed by atoms with Crippen LogP contribution in [0.1, 0.15) is 5.56 Å². The first-order chi connectivity index (χ1) is 5.25. The van der Waals surface area contributed by atoms with Crippen molar-refractivity contribution in [2.24, 2.45) is 0 Å². The molecule has 0 atom stereocenters. The number of hydrogen-bond acceptors (Lipinski definition) is 0. The molecule has 1 aromatic carbocycles. The summed E-state index contributed by atoms with van der Waals surface area (Å²) < 4.78 is 13.9. The average molecular weight is 248 g/mol. The Kier molecular flexibility index (Phi) is 4.13. The van der Waals surface area contributed by atoms with Crippen molar-refractivity contribution < 1.29 is 4.39 Å². The van der Waals surface area contributed by atoms with Crippen molar-refractivity contribution in [2.45, 2.75) is 4.55 Å². The maximum atomic E-state index is 13.1. The first kappa shape index (κ1) is 9.77. The van der Waals surface area contributed by atoms with E-state index in [-0.39, 0.29) is 29.0 Å². The zero-order valence-corrected chi connectivity index (χ0v) is 9.54. The van der Waals surface area contributed by atoms with Crippen molar-refractivity contribution in [3.8, 4) is 0 Å². The van der Waals surface area contributed by atoms with E-state index in [1.807, 2.05) is 0 Å². The summed E-state index contributed by atoms with van der Waals surface area (Å²) in [5, 5.41) is 0.220. The molecule has 11 heavy (non-hydrogen) atoms. The van der Waals surface area contributed by atoms with Gasteiger partial charge in [-0.15, -0.1) is 4.55 Å². The molecule has 1 aromatic rings. The van der Waals surface area contributed by atoms with Gasteiger partial charge in [0.2, 0.25) is 0 Å². The van der Waals surface area contributed by atoms with Gasteiger partial charge in [0, 0.05) is 0 Å². The highest BCUT2D eigenvalue weighted by atomic mass is 79.9. The molecular weight excluding hydrogens is 243 g/mol. The standard InChI is InChI=1S/C7H5ClF.BrH.Mg/c1-5-3-2-4-6(8)7(5)9;;/h2-4H,1H2;1H;/q;;+1/p-1. The lowest BCUT2D eigenvalue weighted by Crippen LogP contribution is -1.93. The molecule has 0 nitrogen and oxygen atoms in total. The largest absolute Gasteiger partial charge is 0.473 e. The Bertz CT molecular complexity index is 254. The van der Waals surface area contributed by atoms with E-state index in [1.165, 1.54) is 0 Å². The molecule has 0 aliphatic heterocycles. The Morgan fingerprint density at radius 3 is 2.91 bits per heavy atom. The van der Waals surface area contributed by atoms with Gasteiger partial charge < -0.3 is 12.9 Å². The van der Waals surface area contributed by atoms with Gasteiger partial charge in [-0.05, 0) is 11.6 Å². The van der Waals surface area contributed by atoms with Crippen LogP contribution in [0.3, 0.4) is 0 Å². The van der Waals surface area contributed by atoms with E-state index in [9.17, 15) is 4.39 Å². The van der Waals surface area contributed by atoms with E-state index in [2.05, 4.69) is 12.9 Å². The van der Waals surface area contributed by atoms with Crippen LogP contribution in [0.4, 0.5) is 4.39 Å².